The maximum absolute atomic E-state index is 12.8. The predicted octanol–water partition coefficient (Wildman–Crippen LogP) is 0.558. The van der Waals surface area contributed by atoms with Crippen LogP contribution in [0.25, 0.3) is 0 Å². The lowest BCUT2D eigenvalue weighted by molar-refractivity contribution is -0.153. The second-order valence-corrected chi connectivity index (χ2v) is 5.64. The van der Waals surface area contributed by atoms with Gasteiger partial charge in [-0.3, -0.25) is 4.79 Å². The largest absolute Gasteiger partial charge is 0.433 e. The molecule has 0 aliphatic carbocycles. The number of hydrogen-bond acceptors (Lipinski definition) is 6. The molecule has 1 aromatic rings. The van der Waals surface area contributed by atoms with Gasteiger partial charge >= 0.3 is 6.18 Å². The highest BCUT2D eigenvalue weighted by molar-refractivity contribution is 5.79. The molecule has 10 heteroatoms. The molecule has 3 rings (SSSR count). The Hall–Kier alpha value is -1.94. The number of carbonyl (C=O) groups is 1. The van der Waals surface area contributed by atoms with Gasteiger partial charge in [0.25, 0.3) is 0 Å². The molecule has 2 aliphatic heterocycles. The SMILES string of the molecule is COCCN1C(=O)CO[C@H]2CN(c3nccc(C(F)(F)F)n3)C[C@H]21. The fourth-order valence-electron chi connectivity index (χ4n) is 2.97. The number of alkyl halides is 3. The summed E-state index contributed by atoms with van der Waals surface area (Å²) >= 11 is 0. The topological polar surface area (TPSA) is 67.8 Å². The van der Waals surface area contributed by atoms with Gasteiger partial charge in [0.1, 0.15) is 12.3 Å². The molecule has 24 heavy (non-hydrogen) atoms. The number of fused-ring (bicyclic) bond motifs is 1. The average Bonchev–Trinajstić information content (AvgIpc) is 2.98. The third kappa shape index (κ3) is 3.29. The van der Waals surface area contributed by atoms with Crippen molar-refractivity contribution >= 4 is 11.9 Å². The minimum Gasteiger partial charge on any atom is -0.383 e. The molecule has 7 nitrogen and oxygen atoms in total. The zero-order valence-electron chi connectivity index (χ0n) is 13.0. The van der Waals surface area contributed by atoms with Crippen molar-refractivity contribution in [2.75, 3.05) is 44.9 Å². The molecule has 2 saturated heterocycles. The van der Waals surface area contributed by atoms with E-state index in [1.165, 1.54) is 0 Å². The van der Waals surface area contributed by atoms with Gasteiger partial charge in [0.2, 0.25) is 11.9 Å². The number of nitrogens with zero attached hydrogens (tertiary/aromatic N) is 4. The van der Waals surface area contributed by atoms with Gasteiger partial charge in [0.15, 0.2) is 0 Å². The van der Waals surface area contributed by atoms with Crippen molar-refractivity contribution in [1.29, 1.82) is 0 Å². The van der Waals surface area contributed by atoms with Gasteiger partial charge in [-0.2, -0.15) is 13.2 Å². The van der Waals surface area contributed by atoms with Gasteiger partial charge in [0.05, 0.1) is 18.8 Å². The van der Waals surface area contributed by atoms with E-state index in [4.69, 9.17) is 9.47 Å². The lowest BCUT2D eigenvalue weighted by Crippen LogP contribution is -2.54. The standard InChI is InChI=1S/C14H17F3N4O3/c1-23-5-4-21-9-6-20(7-10(9)24-8-12(21)22)13-18-3-2-11(19-13)14(15,16)17/h2-3,9-10H,4-8H2,1H3/t9-,10+/m1/s1. The Morgan fingerprint density at radius 1 is 1.42 bits per heavy atom. The van der Waals surface area contributed by atoms with Crippen LogP contribution < -0.4 is 4.90 Å². The van der Waals surface area contributed by atoms with Gasteiger partial charge < -0.3 is 19.3 Å². The molecule has 0 unspecified atom stereocenters. The normalized spacial score (nSPS) is 24.4. The Balaban J connectivity index is 1.77. The highest BCUT2D eigenvalue weighted by Gasteiger charge is 2.44. The molecule has 3 heterocycles. The molecular formula is C14H17F3N4O3. The minimum atomic E-state index is -4.53. The molecule has 1 amide bonds. The summed E-state index contributed by atoms with van der Waals surface area (Å²) in [5.41, 5.74) is -0.990. The molecular weight excluding hydrogens is 329 g/mol. The fraction of sp³-hybridized carbons (Fsp3) is 0.643. The predicted molar refractivity (Wildman–Crippen MR) is 76.4 cm³/mol. The molecule has 0 spiro atoms. The number of halogens is 3. The molecule has 0 saturated carbocycles. The van der Waals surface area contributed by atoms with Crippen LogP contribution in [-0.4, -0.2) is 72.9 Å². The van der Waals surface area contributed by atoms with Crippen molar-refractivity contribution in [1.82, 2.24) is 14.9 Å². The van der Waals surface area contributed by atoms with Crippen molar-refractivity contribution in [3.8, 4) is 0 Å². The molecule has 2 aliphatic rings. The Morgan fingerprint density at radius 3 is 2.92 bits per heavy atom. The maximum atomic E-state index is 12.8. The Labute approximate surface area is 136 Å². The van der Waals surface area contributed by atoms with Crippen LogP contribution in [0.3, 0.4) is 0 Å². The lowest BCUT2D eigenvalue weighted by atomic mass is 10.1. The minimum absolute atomic E-state index is 0.0121. The van der Waals surface area contributed by atoms with E-state index in [1.54, 1.807) is 16.9 Å². The van der Waals surface area contributed by atoms with Gasteiger partial charge in [-0.15, -0.1) is 0 Å². The molecule has 0 aromatic carbocycles. The van der Waals surface area contributed by atoms with Crippen molar-refractivity contribution in [3.05, 3.63) is 18.0 Å². The van der Waals surface area contributed by atoms with E-state index >= 15 is 0 Å². The zero-order chi connectivity index (χ0) is 17.3. The third-order valence-corrected chi connectivity index (χ3v) is 4.13. The fourth-order valence-corrected chi connectivity index (χ4v) is 2.97. The van der Waals surface area contributed by atoms with Crippen LogP contribution in [-0.2, 0) is 20.4 Å². The van der Waals surface area contributed by atoms with Crippen LogP contribution in [0.5, 0.6) is 0 Å². The number of amides is 1. The van der Waals surface area contributed by atoms with Crippen LogP contribution in [0.1, 0.15) is 5.69 Å². The van der Waals surface area contributed by atoms with Gasteiger partial charge in [0, 0.05) is 32.9 Å². The smallest absolute Gasteiger partial charge is 0.383 e. The molecule has 0 radical (unpaired) electrons. The van der Waals surface area contributed by atoms with Crippen LogP contribution in [0, 0.1) is 0 Å². The van der Waals surface area contributed by atoms with Crippen LogP contribution in [0.2, 0.25) is 0 Å². The van der Waals surface area contributed by atoms with Crippen molar-refractivity contribution in [2.45, 2.75) is 18.3 Å². The summed E-state index contributed by atoms with van der Waals surface area (Å²) in [4.78, 5) is 22.8. The molecule has 1 aromatic heterocycles. The molecule has 2 fully saturated rings. The second-order valence-electron chi connectivity index (χ2n) is 5.64. The highest BCUT2D eigenvalue weighted by Crippen LogP contribution is 2.30. The van der Waals surface area contributed by atoms with E-state index in [0.717, 1.165) is 12.3 Å². The Morgan fingerprint density at radius 2 is 2.21 bits per heavy atom. The monoisotopic (exact) mass is 346 g/mol. The summed E-state index contributed by atoms with van der Waals surface area (Å²) in [5, 5.41) is 0. The molecule has 132 valence electrons. The Bertz CT molecular complexity index is 613. The molecule has 2 atom stereocenters. The van der Waals surface area contributed by atoms with E-state index in [2.05, 4.69) is 9.97 Å². The summed E-state index contributed by atoms with van der Waals surface area (Å²) in [6.45, 7) is 1.42. The van der Waals surface area contributed by atoms with Gasteiger partial charge in [-0.05, 0) is 6.07 Å². The third-order valence-electron chi connectivity index (χ3n) is 4.13. The summed E-state index contributed by atoms with van der Waals surface area (Å²) in [6, 6.07) is 0.580. The zero-order valence-corrected chi connectivity index (χ0v) is 13.0. The summed E-state index contributed by atoms with van der Waals surface area (Å²) in [7, 11) is 1.54. The van der Waals surface area contributed by atoms with E-state index in [9.17, 15) is 18.0 Å². The van der Waals surface area contributed by atoms with Crippen molar-refractivity contribution in [2.24, 2.45) is 0 Å². The molecule has 0 bridgehead atoms. The van der Waals surface area contributed by atoms with Gasteiger partial charge in [-0.1, -0.05) is 0 Å². The van der Waals surface area contributed by atoms with E-state index < -0.39 is 11.9 Å². The highest BCUT2D eigenvalue weighted by atomic mass is 19.4. The number of carbonyl (C=O) groups excluding carboxylic acids is 1. The second kappa shape index (κ2) is 6.52. The number of morpholine rings is 1. The lowest BCUT2D eigenvalue weighted by Gasteiger charge is -2.36. The van der Waals surface area contributed by atoms with E-state index in [-0.39, 0.29) is 30.6 Å². The van der Waals surface area contributed by atoms with Gasteiger partial charge in [-0.25, -0.2) is 9.97 Å². The van der Waals surface area contributed by atoms with Crippen molar-refractivity contribution < 1.29 is 27.4 Å². The van der Waals surface area contributed by atoms with E-state index in [0.29, 0.717) is 26.2 Å². The first-order valence-corrected chi connectivity index (χ1v) is 7.45. The average molecular weight is 346 g/mol. The first-order valence-electron chi connectivity index (χ1n) is 7.45. The van der Waals surface area contributed by atoms with Crippen LogP contribution >= 0.6 is 0 Å². The number of aromatic nitrogens is 2. The Kier molecular flexibility index (Phi) is 4.59. The van der Waals surface area contributed by atoms with E-state index in [1.807, 2.05) is 0 Å². The maximum Gasteiger partial charge on any atom is 0.433 e. The van der Waals surface area contributed by atoms with Crippen molar-refractivity contribution in [3.63, 3.8) is 0 Å². The quantitative estimate of drug-likeness (QED) is 0.794. The molecule has 0 N–H and O–H groups in total. The number of ether oxygens (including phenoxy) is 2. The first kappa shape index (κ1) is 16.9. The number of rotatable bonds is 4. The first-order chi connectivity index (χ1) is 11.4. The van der Waals surface area contributed by atoms with Crippen LogP contribution in [0.4, 0.5) is 19.1 Å². The number of anilines is 1. The summed E-state index contributed by atoms with van der Waals surface area (Å²) in [6.07, 6.45) is -3.72. The summed E-state index contributed by atoms with van der Waals surface area (Å²) < 4.78 is 48.9. The number of methoxy groups -OCH3 is 1. The summed E-state index contributed by atoms with van der Waals surface area (Å²) in [5.74, 6) is -0.165. The van der Waals surface area contributed by atoms with Crippen LogP contribution in [0.15, 0.2) is 12.3 Å². The number of hydrogen-bond donors (Lipinski definition) is 0.